The minimum atomic E-state index is 0.0527. The average molecular weight is 399 g/mol. The second-order valence-corrected chi connectivity index (χ2v) is 10.00. The minimum absolute atomic E-state index is 0.0527. The third kappa shape index (κ3) is 2.71. The van der Waals surface area contributed by atoms with Gasteiger partial charge in [-0.2, -0.15) is 4.57 Å². The molecule has 1 nitrogen and oxygen atoms in total. The molecule has 1 saturated carbocycles. The maximum absolute atomic E-state index is 4.19. The van der Waals surface area contributed by atoms with Crippen LogP contribution in [0.4, 0.5) is 0 Å². The van der Waals surface area contributed by atoms with E-state index in [2.05, 4.69) is 107 Å². The molecule has 0 saturated heterocycles. The highest BCUT2D eigenvalue weighted by molar-refractivity contribution is 5.82. The van der Waals surface area contributed by atoms with E-state index in [4.69, 9.17) is 0 Å². The summed E-state index contributed by atoms with van der Waals surface area (Å²) in [5, 5.41) is 0. The van der Waals surface area contributed by atoms with Crippen LogP contribution in [0.2, 0.25) is 0 Å². The Morgan fingerprint density at radius 2 is 1.90 bits per heavy atom. The molecule has 1 fully saturated rings. The van der Waals surface area contributed by atoms with E-state index in [0.29, 0.717) is 0 Å². The number of hydrogen-bond donors (Lipinski definition) is 0. The van der Waals surface area contributed by atoms with Crippen LogP contribution in [-0.2, 0) is 11.0 Å². The molecule has 1 aromatic heterocycles. The molecule has 4 rings (SSSR count). The van der Waals surface area contributed by atoms with Crippen LogP contribution in [0.1, 0.15) is 71.9 Å². The summed E-state index contributed by atoms with van der Waals surface area (Å²) < 4.78 is 2.58. The van der Waals surface area contributed by atoms with Crippen LogP contribution in [0.5, 0.6) is 0 Å². The summed E-state index contributed by atoms with van der Waals surface area (Å²) >= 11 is 0. The molecule has 0 N–H and O–H groups in total. The van der Waals surface area contributed by atoms with E-state index in [1.807, 2.05) is 6.08 Å². The molecule has 1 heteroatoms. The standard InChI is InChI=1S/C29H36N/c1-8-14-24(27(5,6)7)22(9-2)21-16-17-25-23(19-21)26-15-12-13-18-30(26)29(11-4)20-28(25,29)10-3/h8-9,12-19H,2,10-11,20H2,1,3-7H3/q+1/b14-8-,24-22-. The van der Waals surface area contributed by atoms with Gasteiger partial charge in [0.1, 0.15) is 0 Å². The Balaban J connectivity index is 1.99. The topological polar surface area (TPSA) is 3.88 Å². The molecule has 2 unspecified atom stereocenters. The first-order valence-electron chi connectivity index (χ1n) is 11.5. The first kappa shape index (κ1) is 20.8. The molecule has 2 heterocycles. The van der Waals surface area contributed by atoms with Gasteiger partial charge >= 0.3 is 0 Å². The van der Waals surface area contributed by atoms with Crippen molar-refractivity contribution in [1.29, 1.82) is 0 Å². The van der Waals surface area contributed by atoms with E-state index >= 15 is 0 Å². The van der Waals surface area contributed by atoms with Gasteiger partial charge in [0.05, 0.1) is 11.0 Å². The number of pyridine rings is 1. The lowest BCUT2D eigenvalue weighted by molar-refractivity contribution is -0.735. The number of nitrogens with zero attached hydrogens (tertiary/aromatic N) is 1. The molecule has 0 spiro atoms. The zero-order valence-electron chi connectivity index (χ0n) is 19.5. The van der Waals surface area contributed by atoms with Gasteiger partial charge in [-0.25, -0.2) is 0 Å². The summed E-state index contributed by atoms with van der Waals surface area (Å²) in [6.07, 6.45) is 12.3. The van der Waals surface area contributed by atoms with Crippen molar-refractivity contribution >= 4 is 5.57 Å². The Bertz CT molecular complexity index is 1060. The van der Waals surface area contributed by atoms with Crippen molar-refractivity contribution in [3.63, 3.8) is 0 Å². The largest absolute Gasteiger partial charge is 0.213 e. The highest BCUT2D eigenvalue weighted by Crippen LogP contribution is 2.67. The Labute approximate surface area is 182 Å². The number of fused-ring (bicyclic) bond motifs is 6. The number of aromatic nitrogens is 1. The third-order valence-electron chi connectivity index (χ3n) is 7.63. The van der Waals surface area contributed by atoms with E-state index in [-0.39, 0.29) is 16.4 Å². The van der Waals surface area contributed by atoms with E-state index in [0.717, 1.165) is 0 Å². The maximum atomic E-state index is 4.19. The molecule has 2 aromatic rings. The van der Waals surface area contributed by atoms with Gasteiger partial charge in [0.15, 0.2) is 11.7 Å². The predicted octanol–water partition coefficient (Wildman–Crippen LogP) is 7.37. The van der Waals surface area contributed by atoms with Gasteiger partial charge in [0.2, 0.25) is 5.69 Å². The summed E-state index contributed by atoms with van der Waals surface area (Å²) in [5.41, 5.74) is 8.67. The Kier molecular flexibility index (Phi) is 4.92. The van der Waals surface area contributed by atoms with E-state index in [9.17, 15) is 0 Å². The average Bonchev–Trinajstić information content (AvgIpc) is 3.44. The van der Waals surface area contributed by atoms with Crippen LogP contribution in [0.3, 0.4) is 0 Å². The molecule has 1 aliphatic carbocycles. The maximum Gasteiger partial charge on any atom is 0.213 e. The fraction of sp³-hybridized carbons (Fsp3) is 0.414. The highest BCUT2D eigenvalue weighted by atomic mass is 15.2. The second kappa shape index (κ2) is 7.08. The van der Waals surface area contributed by atoms with Gasteiger partial charge in [-0.05, 0) is 53.2 Å². The first-order valence-corrected chi connectivity index (χ1v) is 11.5. The van der Waals surface area contributed by atoms with Crippen molar-refractivity contribution in [2.45, 2.75) is 71.8 Å². The van der Waals surface area contributed by atoms with Crippen LogP contribution in [-0.4, -0.2) is 0 Å². The lowest BCUT2D eigenvalue weighted by Crippen LogP contribution is -2.54. The zero-order valence-corrected chi connectivity index (χ0v) is 19.5. The summed E-state index contributed by atoms with van der Waals surface area (Å²) in [6.45, 7) is 17.8. The van der Waals surface area contributed by atoms with Gasteiger partial charge in [0, 0.05) is 25.0 Å². The summed E-state index contributed by atoms with van der Waals surface area (Å²) in [6, 6.07) is 13.8. The lowest BCUT2D eigenvalue weighted by atomic mass is 9.77. The summed E-state index contributed by atoms with van der Waals surface area (Å²) in [4.78, 5) is 0. The summed E-state index contributed by atoms with van der Waals surface area (Å²) in [7, 11) is 0. The minimum Gasteiger partial charge on any atom is -0.192 e. The molecule has 2 atom stereocenters. The van der Waals surface area contributed by atoms with Gasteiger partial charge in [-0.15, -0.1) is 0 Å². The Morgan fingerprint density at radius 1 is 1.13 bits per heavy atom. The van der Waals surface area contributed by atoms with Gasteiger partial charge in [0.25, 0.3) is 0 Å². The van der Waals surface area contributed by atoms with Crippen LogP contribution < -0.4 is 4.57 Å². The van der Waals surface area contributed by atoms with Crippen molar-refractivity contribution in [3.8, 4) is 11.3 Å². The first-order chi connectivity index (χ1) is 14.3. The number of hydrogen-bond acceptors (Lipinski definition) is 0. The van der Waals surface area contributed by atoms with Crippen LogP contribution >= 0.6 is 0 Å². The van der Waals surface area contributed by atoms with Crippen molar-refractivity contribution < 1.29 is 4.57 Å². The zero-order chi connectivity index (χ0) is 21.7. The van der Waals surface area contributed by atoms with Crippen molar-refractivity contribution in [2.75, 3.05) is 0 Å². The monoisotopic (exact) mass is 398 g/mol. The predicted molar refractivity (Wildman–Crippen MR) is 128 cm³/mol. The smallest absolute Gasteiger partial charge is 0.192 e. The Hall–Kier alpha value is -2.41. The fourth-order valence-corrected chi connectivity index (χ4v) is 6.07. The second-order valence-electron chi connectivity index (χ2n) is 10.00. The SMILES string of the molecule is C=C/C(=C(\C=C/C)C(C)(C)C)c1ccc2c(c1)-c1cccc[n+]1C1(CC)CC21CC. The molecular weight excluding hydrogens is 362 g/mol. The highest BCUT2D eigenvalue weighted by Gasteiger charge is 2.76. The molecule has 2 aliphatic rings. The molecule has 30 heavy (non-hydrogen) atoms. The van der Waals surface area contributed by atoms with Crippen molar-refractivity contribution in [2.24, 2.45) is 5.41 Å². The molecule has 156 valence electrons. The molecule has 1 aliphatic heterocycles. The van der Waals surface area contributed by atoms with E-state index in [1.165, 1.54) is 52.8 Å². The van der Waals surface area contributed by atoms with Gasteiger partial charge < -0.3 is 0 Å². The van der Waals surface area contributed by atoms with Crippen molar-refractivity contribution in [1.82, 2.24) is 0 Å². The molecule has 0 amide bonds. The molecule has 0 bridgehead atoms. The van der Waals surface area contributed by atoms with Crippen LogP contribution in [0.25, 0.3) is 16.8 Å². The molecule has 0 radical (unpaired) electrons. The summed E-state index contributed by atoms with van der Waals surface area (Å²) in [5.74, 6) is 0. The van der Waals surface area contributed by atoms with Crippen molar-refractivity contribution in [3.05, 3.63) is 84.1 Å². The third-order valence-corrected chi connectivity index (χ3v) is 7.63. The van der Waals surface area contributed by atoms with E-state index in [1.54, 1.807) is 0 Å². The number of allylic oxidation sites excluding steroid dienone is 5. The van der Waals surface area contributed by atoms with Crippen LogP contribution in [0, 0.1) is 5.41 Å². The normalized spacial score (nSPS) is 25.3. The molecular formula is C29H36N+. The van der Waals surface area contributed by atoms with Gasteiger partial charge in [-0.3, -0.25) is 0 Å². The fourth-order valence-electron chi connectivity index (χ4n) is 6.07. The number of benzene rings is 1. The Morgan fingerprint density at radius 3 is 2.50 bits per heavy atom. The van der Waals surface area contributed by atoms with E-state index < -0.39 is 0 Å². The van der Waals surface area contributed by atoms with Crippen LogP contribution in [0.15, 0.2) is 73.0 Å². The number of rotatable bonds is 5. The molecule has 1 aromatic carbocycles. The van der Waals surface area contributed by atoms with Gasteiger partial charge in [-0.1, -0.05) is 71.6 Å². The lowest BCUT2D eigenvalue weighted by Gasteiger charge is -2.29. The quantitative estimate of drug-likeness (QED) is 0.365.